The van der Waals surface area contributed by atoms with Gasteiger partial charge in [-0.15, -0.1) is 11.3 Å². The Kier molecular flexibility index (Phi) is 3.47. The van der Waals surface area contributed by atoms with Crippen molar-refractivity contribution in [3.8, 4) is 0 Å². The molecule has 0 bridgehead atoms. The number of hydrogen-bond acceptors (Lipinski definition) is 4. The Hall–Kier alpha value is -2.21. The van der Waals surface area contributed by atoms with Crippen molar-refractivity contribution in [1.82, 2.24) is 4.98 Å². The van der Waals surface area contributed by atoms with Gasteiger partial charge in [0.05, 0.1) is 0 Å². The van der Waals surface area contributed by atoms with Crippen LogP contribution in [0.15, 0.2) is 29.6 Å². The van der Waals surface area contributed by atoms with E-state index < -0.39 is 0 Å². The van der Waals surface area contributed by atoms with E-state index in [0.717, 1.165) is 5.69 Å². The van der Waals surface area contributed by atoms with E-state index in [-0.39, 0.29) is 11.8 Å². The van der Waals surface area contributed by atoms with Gasteiger partial charge in [0.1, 0.15) is 5.69 Å². The molecule has 1 N–H and O–H groups in total. The minimum atomic E-state index is -0.191. The highest BCUT2D eigenvalue weighted by Gasteiger charge is 2.31. The van der Waals surface area contributed by atoms with Gasteiger partial charge >= 0.3 is 0 Å². The molecule has 0 radical (unpaired) electrons. The molecule has 21 heavy (non-hydrogen) atoms. The largest absolute Gasteiger partial charge is 0.306 e. The number of anilines is 2. The Labute approximate surface area is 126 Å². The number of amides is 2. The highest BCUT2D eigenvalue weighted by molar-refractivity contribution is 7.14. The van der Waals surface area contributed by atoms with E-state index in [1.54, 1.807) is 10.3 Å². The Morgan fingerprint density at radius 3 is 2.90 bits per heavy atom. The Balaban J connectivity index is 1.86. The van der Waals surface area contributed by atoms with Crippen LogP contribution >= 0.6 is 11.3 Å². The van der Waals surface area contributed by atoms with Crippen LogP contribution in [0, 0.1) is 0 Å². The first-order chi connectivity index (χ1) is 10.1. The second-order valence-electron chi connectivity index (χ2n) is 5.09. The number of thiazole rings is 1. The summed E-state index contributed by atoms with van der Waals surface area (Å²) in [6, 6.07) is 7.93. The Morgan fingerprint density at radius 1 is 1.38 bits per heavy atom. The van der Waals surface area contributed by atoms with Crippen LogP contribution in [0.2, 0.25) is 0 Å². The lowest BCUT2D eigenvalue weighted by atomic mass is 10.0. The SMILES string of the molecule is CC(=O)Nc1nc(C(=O)N2CC(C)c3ccccc32)cs1. The number of aromatic nitrogens is 1. The third-order valence-electron chi connectivity index (χ3n) is 3.47. The maximum absolute atomic E-state index is 12.6. The number of nitrogens with zero attached hydrogens (tertiary/aromatic N) is 2. The minimum absolute atomic E-state index is 0.125. The Bertz CT molecular complexity index is 710. The van der Waals surface area contributed by atoms with Crippen LogP contribution in [0.4, 0.5) is 10.8 Å². The van der Waals surface area contributed by atoms with E-state index in [1.807, 2.05) is 18.2 Å². The summed E-state index contributed by atoms with van der Waals surface area (Å²) in [5.41, 5.74) is 2.50. The number of carbonyl (C=O) groups excluding carboxylic acids is 2. The standard InChI is InChI=1S/C15H15N3O2S/c1-9-7-18(13-6-4-3-5-11(9)13)14(20)12-8-21-15(17-12)16-10(2)19/h3-6,8-9H,7H2,1-2H3,(H,16,17,19). The molecule has 0 fully saturated rings. The number of para-hydroxylation sites is 1. The second-order valence-corrected chi connectivity index (χ2v) is 5.95. The number of rotatable bonds is 2. The first-order valence-corrected chi connectivity index (χ1v) is 7.58. The van der Waals surface area contributed by atoms with Gasteiger partial charge in [0.2, 0.25) is 5.91 Å². The van der Waals surface area contributed by atoms with Gasteiger partial charge in [-0.3, -0.25) is 9.59 Å². The molecule has 0 spiro atoms. The summed E-state index contributed by atoms with van der Waals surface area (Å²) in [5, 5.41) is 4.73. The molecule has 3 rings (SSSR count). The zero-order valence-corrected chi connectivity index (χ0v) is 12.6. The van der Waals surface area contributed by atoms with Crippen LogP contribution in [-0.4, -0.2) is 23.3 Å². The lowest BCUT2D eigenvalue weighted by Gasteiger charge is -2.16. The van der Waals surface area contributed by atoms with E-state index in [1.165, 1.54) is 23.8 Å². The second kappa shape index (κ2) is 5.29. The highest BCUT2D eigenvalue weighted by Crippen LogP contribution is 2.36. The van der Waals surface area contributed by atoms with Crippen molar-refractivity contribution >= 4 is 34.0 Å². The summed E-state index contributed by atoms with van der Waals surface area (Å²) >= 11 is 1.26. The fraction of sp³-hybridized carbons (Fsp3) is 0.267. The van der Waals surface area contributed by atoms with Gasteiger partial charge in [-0.1, -0.05) is 25.1 Å². The molecule has 1 aromatic heterocycles. The maximum atomic E-state index is 12.6. The fourth-order valence-electron chi connectivity index (χ4n) is 2.53. The molecule has 0 saturated carbocycles. The first kappa shape index (κ1) is 13.8. The molecule has 1 atom stereocenters. The molecule has 0 aliphatic carbocycles. The van der Waals surface area contributed by atoms with Crippen molar-refractivity contribution < 1.29 is 9.59 Å². The average molecular weight is 301 g/mol. The lowest BCUT2D eigenvalue weighted by molar-refractivity contribution is -0.114. The van der Waals surface area contributed by atoms with Crippen molar-refractivity contribution in [1.29, 1.82) is 0 Å². The van der Waals surface area contributed by atoms with Crippen molar-refractivity contribution in [2.75, 3.05) is 16.8 Å². The molecule has 1 unspecified atom stereocenters. The summed E-state index contributed by atoms with van der Waals surface area (Å²) in [7, 11) is 0. The van der Waals surface area contributed by atoms with Crippen molar-refractivity contribution in [3.05, 3.63) is 40.9 Å². The monoisotopic (exact) mass is 301 g/mol. The number of benzene rings is 1. The number of carbonyl (C=O) groups is 2. The van der Waals surface area contributed by atoms with E-state index >= 15 is 0 Å². The van der Waals surface area contributed by atoms with Gasteiger partial charge in [0, 0.05) is 30.5 Å². The average Bonchev–Trinajstić information content (AvgIpc) is 3.03. The van der Waals surface area contributed by atoms with Crippen LogP contribution < -0.4 is 10.2 Å². The van der Waals surface area contributed by atoms with Crippen LogP contribution in [0.25, 0.3) is 0 Å². The molecule has 2 heterocycles. The number of fused-ring (bicyclic) bond motifs is 1. The number of hydrogen-bond donors (Lipinski definition) is 1. The molecule has 2 aromatic rings. The molecule has 108 valence electrons. The van der Waals surface area contributed by atoms with E-state index in [9.17, 15) is 9.59 Å². The van der Waals surface area contributed by atoms with Gasteiger partial charge in [-0.2, -0.15) is 0 Å². The molecule has 2 amide bonds. The molecular weight excluding hydrogens is 286 g/mol. The zero-order valence-electron chi connectivity index (χ0n) is 11.8. The Morgan fingerprint density at radius 2 is 2.14 bits per heavy atom. The van der Waals surface area contributed by atoms with Gasteiger partial charge in [0.15, 0.2) is 5.13 Å². The van der Waals surface area contributed by atoms with Crippen LogP contribution in [-0.2, 0) is 4.79 Å². The highest BCUT2D eigenvalue weighted by atomic mass is 32.1. The molecule has 1 aliphatic heterocycles. The fourth-order valence-corrected chi connectivity index (χ4v) is 3.26. The summed E-state index contributed by atoms with van der Waals surface area (Å²) < 4.78 is 0. The van der Waals surface area contributed by atoms with E-state index in [4.69, 9.17) is 0 Å². The van der Waals surface area contributed by atoms with Gasteiger partial charge in [-0.25, -0.2) is 4.98 Å². The summed E-state index contributed by atoms with van der Waals surface area (Å²) in [4.78, 5) is 29.6. The molecular formula is C15H15N3O2S. The zero-order chi connectivity index (χ0) is 15.0. The molecule has 6 heteroatoms. The topological polar surface area (TPSA) is 62.3 Å². The van der Waals surface area contributed by atoms with Crippen molar-refractivity contribution in [3.63, 3.8) is 0 Å². The third-order valence-corrected chi connectivity index (χ3v) is 4.22. The van der Waals surface area contributed by atoms with Crippen molar-refractivity contribution in [2.24, 2.45) is 0 Å². The van der Waals surface area contributed by atoms with Crippen LogP contribution in [0.3, 0.4) is 0 Å². The number of nitrogens with one attached hydrogen (secondary N) is 1. The van der Waals surface area contributed by atoms with Gasteiger partial charge < -0.3 is 10.2 Å². The van der Waals surface area contributed by atoms with Crippen molar-refractivity contribution in [2.45, 2.75) is 19.8 Å². The summed E-state index contributed by atoms with van der Waals surface area (Å²) in [5.74, 6) is 0.00161. The van der Waals surface area contributed by atoms with Crippen LogP contribution in [0.1, 0.15) is 35.8 Å². The smallest absolute Gasteiger partial charge is 0.277 e. The normalized spacial score (nSPS) is 16.7. The minimum Gasteiger partial charge on any atom is -0.306 e. The third kappa shape index (κ3) is 2.54. The predicted molar refractivity (Wildman–Crippen MR) is 83.0 cm³/mol. The molecule has 1 aliphatic rings. The maximum Gasteiger partial charge on any atom is 0.277 e. The molecule has 5 nitrogen and oxygen atoms in total. The summed E-state index contributed by atoms with van der Waals surface area (Å²) in [6.07, 6.45) is 0. The molecule has 1 aromatic carbocycles. The quantitative estimate of drug-likeness (QED) is 0.927. The van der Waals surface area contributed by atoms with E-state index in [2.05, 4.69) is 23.3 Å². The summed E-state index contributed by atoms with van der Waals surface area (Å²) in [6.45, 7) is 4.18. The lowest BCUT2D eigenvalue weighted by Crippen LogP contribution is -2.29. The molecule has 0 saturated heterocycles. The van der Waals surface area contributed by atoms with E-state index in [0.29, 0.717) is 23.3 Å². The van der Waals surface area contributed by atoms with Crippen LogP contribution in [0.5, 0.6) is 0 Å². The van der Waals surface area contributed by atoms with Gasteiger partial charge in [0.25, 0.3) is 5.91 Å². The predicted octanol–water partition coefficient (Wildman–Crippen LogP) is 2.87. The first-order valence-electron chi connectivity index (χ1n) is 6.70. The van der Waals surface area contributed by atoms with Gasteiger partial charge in [-0.05, 0) is 11.6 Å².